The van der Waals surface area contributed by atoms with Crippen molar-refractivity contribution in [3.05, 3.63) is 22.7 Å². The molecule has 3 nitrogen and oxygen atoms in total. The summed E-state index contributed by atoms with van der Waals surface area (Å²) in [6, 6.07) is 6.10. The summed E-state index contributed by atoms with van der Waals surface area (Å²) in [5.74, 6) is 0.850. The Hall–Kier alpha value is -0.740. The number of hydrogen-bond acceptors (Lipinski definition) is 3. The molecule has 0 amide bonds. The van der Waals surface area contributed by atoms with Crippen LogP contribution in [-0.4, -0.2) is 19.7 Å². The molecule has 0 aliphatic heterocycles. The highest BCUT2D eigenvalue weighted by molar-refractivity contribution is 9.10. The van der Waals surface area contributed by atoms with Crippen LogP contribution in [0.15, 0.2) is 22.7 Å². The molecule has 0 spiro atoms. The van der Waals surface area contributed by atoms with Gasteiger partial charge >= 0.3 is 0 Å². The largest absolute Gasteiger partial charge is 0.495 e. The highest BCUT2D eigenvalue weighted by Gasteiger charge is 2.03. The standard InChI is InChI=1S/C11H17BrN2O/c1-8(13)5-6-14-10-7-9(12)3-4-11(10)15-2/h3-4,7-8,14H,5-6,13H2,1-2H3. The van der Waals surface area contributed by atoms with Crippen molar-refractivity contribution >= 4 is 21.6 Å². The van der Waals surface area contributed by atoms with Crippen LogP contribution in [0.2, 0.25) is 0 Å². The van der Waals surface area contributed by atoms with Crippen LogP contribution in [0.3, 0.4) is 0 Å². The van der Waals surface area contributed by atoms with Gasteiger partial charge in [0.2, 0.25) is 0 Å². The van der Waals surface area contributed by atoms with Gasteiger partial charge in [-0.25, -0.2) is 0 Å². The van der Waals surface area contributed by atoms with Crippen molar-refractivity contribution in [2.75, 3.05) is 19.0 Å². The van der Waals surface area contributed by atoms with E-state index < -0.39 is 0 Å². The summed E-state index contributed by atoms with van der Waals surface area (Å²) in [6.07, 6.45) is 0.940. The van der Waals surface area contributed by atoms with Crippen LogP contribution in [-0.2, 0) is 0 Å². The first kappa shape index (κ1) is 12.3. The van der Waals surface area contributed by atoms with E-state index in [4.69, 9.17) is 10.5 Å². The summed E-state index contributed by atoms with van der Waals surface area (Å²) in [7, 11) is 1.67. The molecule has 15 heavy (non-hydrogen) atoms. The van der Waals surface area contributed by atoms with Crippen LogP contribution < -0.4 is 15.8 Å². The van der Waals surface area contributed by atoms with Gasteiger partial charge in [-0.2, -0.15) is 0 Å². The van der Waals surface area contributed by atoms with Gasteiger partial charge in [0.15, 0.2) is 0 Å². The Labute approximate surface area is 99.1 Å². The molecule has 0 saturated carbocycles. The number of rotatable bonds is 5. The second kappa shape index (κ2) is 5.98. The first-order chi connectivity index (χ1) is 7.13. The number of nitrogens with one attached hydrogen (secondary N) is 1. The normalized spacial score (nSPS) is 12.3. The predicted molar refractivity (Wildman–Crippen MR) is 67.5 cm³/mol. The van der Waals surface area contributed by atoms with E-state index in [9.17, 15) is 0 Å². The SMILES string of the molecule is COc1ccc(Br)cc1NCCC(C)N. The average Bonchev–Trinajstić information content (AvgIpc) is 2.17. The zero-order valence-electron chi connectivity index (χ0n) is 9.09. The van der Waals surface area contributed by atoms with Gasteiger partial charge in [0.25, 0.3) is 0 Å². The Morgan fingerprint density at radius 2 is 2.27 bits per heavy atom. The zero-order chi connectivity index (χ0) is 11.3. The second-order valence-corrected chi connectivity index (χ2v) is 4.45. The van der Waals surface area contributed by atoms with Crippen LogP contribution in [0, 0.1) is 0 Å². The van der Waals surface area contributed by atoms with E-state index in [0.29, 0.717) is 0 Å². The molecule has 0 aromatic heterocycles. The monoisotopic (exact) mass is 272 g/mol. The molecule has 4 heteroatoms. The fourth-order valence-corrected chi connectivity index (χ4v) is 1.61. The molecular weight excluding hydrogens is 256 g/mol. The molecule has 0 heterocycles. The van der Waals surface area contributed by atoms with E-state index in [0.717, 1.165) is 28.9 Å². The van der Waals surface area contributed by atoms with Gasteiger partial charge in [0, 0.05) is 17.1 Å². The lowest BCUT2D eigenvalue weighted by molar-refractivity contribution is 0.416. The Bertz CT molecular complexity index is 315. The number of ether oxygens (including phenoxy) is 1. The summed E-state index contributed by atoms with van der Waals surface area (Å²) in [5, 5.41) is 3.30. The Morgan fingerprint density at radius 3 is 2.87 bits per heavy atom. The summed E-state index contributed by atoms with van der Waals surface area (Å²) in [6.45, 7) is 2.85. The van der Waals surface area contributed by atoms with Gasteiger partial charge in [-0.15, -0.1) is 0 Å². The van der Waals surface area contributed by atoms with Crippen molar-refractivity contribution < 1.29 is 4.74 Å². The van der Waals surface area contributed by atoms with E-state index in [-0.39, 0.29) is 6.04 Å². The lowest BCUT2D eigenvalue weighted by Gasteiger charge is -2.12. The molecule has 84 valence electrons. The van der Waals surface area contributed by atoms with Gasteiger partial charge in [-0.1, -0.05) is 15.9 Å². The van der Waals surface area contributed by atoms with Crippen LogP contribution in [0.5, 0.6) is 5.75 Å². The topological polar surface area (TPSA) is 47.3 Å². The Morgan fingerprint density at radius 1 is 1.53 bits per heavy atom. The van der Waals surface area contributed by atoms with Gasteiger partial charge in [-0.3, -0.25) is 0 Å². The van der Waals surface area contributed by atoms with Crippen LogP contribution in [0.4, 0.5) is 5.69 Å². The predicted octanol–water partition coefficient (Wildman–Crippen LogP) is 2.61. The van der Waals surface area contributed by atoms with Crippen molar-refractivity contribution in [2.24, 2.45) is 5.73 Å². The first-order valence-electron chi connectivity index (χ1n) is 4.96. The quantitative estimate of drug-likeness (QED) is 0.867. The molecule has 0 saturated heterocycles. The van der Waals surface area contributed by atoms with Crippen LogP contribution in [0.1, 0.15) is 13.3 Å². The van der Waals surface area contributed by atoms with E-state index in [2.05, 4.69) is 21.2 Å². The van der Waals surface area contributed by atoms with Gasteiger partial charge in [-0.05, 0) is 31.5 Å². The molecule has 0 aliphatic rings. The van der Waals surface area contributed by atoms with E-state index in [1.807, 2.05) is 25.1 Å². The maximum Gasteiger partial charge on any atom is 0.142 e. The number of hydrogen-bond donors (Lipinski definition) is 2. The molecule has 3 N–H and O–H groups in total. The number of nitrogens with two attached hydrogens (primary N) is 1. The maximum absolute atomic E-state index is 5.68. The molecule has 1 unspecified atom stereocenters. The maximum atomic E-state index is 5.68. The lowest BCUT2D eigenvalue weighted by atomic mass is 10.2. The van der Waals surface area contributed by atoms with Crippen molar-refractivity contribution in [3.8, 4) is 5.75 Å². The van der Waals surface area contributed by atoms with Crippen molar-refractivity contribution in [1.29, 1.82) is 0 Å². The summed E-state index contributed by atoms with van der Waals surface area (Å²) < 4.78 is 6.28. The molecule has 0 fully saturated rings. The minimum Gasteiger partial charge on any atom is -0.495 e. The van der Waals surface area contributed by atoms with Gasteiger partial charge in [0.05, 0.1) is 12.8 Å². The van der Waals surface area contributed by atoms with Gasteiger partial charge < -0.3 is 15.8 Å². The molecule has 1 aromatic rings. The molecule has 0 aliphatic carbocycles. The molecule has 1 atom stereocenters. The Kier molecular flexibility index (Phi) is 4.91. The highest BCUT2D eigenvalue weighted by atomic mass is 79.9. The number of halogens is 1. The number of methoxy groups -OCH3 is 1. The molecular formula is C11H17BrN2O. The molecule has 0 bridgehead atoms. The second-order valence-electron chi connectivity index (χ2n) is 3.54. The minimum atomic E-state index is 0.218. The molecule has 1 aromatic carbocycles. The highest BCUT2D eigenvalue weighted by Crippen LogP contribution is 2.27. The van der Waals surface area contributed by atoms with E-state index in [1.165, 1.54) is 0 Å². The smallest absolute Gasteiger partial charge is 0.142 e. The van der Waals surface area contributed by atoms with E-state index >= 15 is 0 Å². The van der Waals surface area contributed by atoms with Gasteiger partial charge in [0.1, 0.15) is 5.75 Å². The lowest BCUT2D eigenvalue weighted by Crippen LogP contribution is -2.19. The fourth-order valence-electron chi connectivity index (χ4n) is 1.25. The summed E-state index contributed by atoms with van der Waals surface area (Å²) in [5.41, 5.74) is 6.67. The van der Waals surface area contributed by atoms with Crippen molar-refractivity contribution in [1.82, 2.24) is 0 Å². The third-order valence-electron chi connectivity index (χ3n) is 2.08. The van der Waals surface area contributed by atoms with Crippen molar-refractivity contribution in [2.45, 2.75) is 19.4 Å². The molecule has 1 rings (SSSR count). The zero-order valence-corrected chi connectivity index (χ0v) is 10.7. The Balaban J connectivity index is 2.62. The third kappa shape index (κ3) is 4.10. The number of anilines is 1. The van der Waals surface area contributed by atoms with E-state index in [1.54, 1.807) is 7.11 Å². The average molecular weight is 273 g/mol. The fraction of sp³-hybridized carbons (Fsp3) is 0.455. The summed E-state index contributed by atoms with van der Waals surface area (Å²) in [4.78, 5) is 0. The summed E-state index contributed by atoms with van der Waals surface area (Å²) >= 11 is 3.43. The number of benzene rings is 1. The minimum absolute atomic E-state index is 0.218. The third-order valence-corrected chi connectivity index (χ3v) is 2.57. The van der Waals surface area contributed by atoms with Crippen molar-refractivity contribution in [3.63, 3.8) is 0 Å². The van der Waals surface area contributed by atoms with Crippen LogP contribution in [0.25, 0.3) is 0 Å². The van der Waals surface area contributed by atoms with Crippen LogP contribution >= 0.6 is 15.9 Å². The first-order valence-corrected chi connectivity index (χ1v) is 5.75. The molecule has 0 radical (unpaired) electrons.